The molecule has 1 aliphatic carbocycles. The first-order valence-corrected chi connectivity index (χ1v) is 13.6. The number of ether oxygens (including phenoxy) is 4. The Kier molecular flexibility index (Phi) is 8.28. The molecule has 5 fully saturated rings. The maximum Gasteiger partial charge on any atom is 0.135 e. The van der Waals surface area contributed by atoms with E-state index in [2.05, 4.69) is 6.58 Å². The molecule has 4 saturated heterocycles. The Morgan fingerprint density at radius 1 is 1.09 bits per heavy atom. The number of aliphatic hydroxyl groups excluding tert-OH is 3. The van der Waals surface area contributed by atoms with Crippen LogP contribution in [-0.4, -0.2) is 89.8 Å². The zero-order valence-corrected chi connectivity index (χ0v) is 20.6. The third kappa shape index (κ3) is 6.00. The van der Waals surface area contributed by atoms with E-state index in [1.165, 1.54) is 0 Å². The molecule has 4 heterocycles. The van der Waals surface area contributed by atoms with E-state index < -0.39 is 24.4 Å². The van der Waals surface area contributed by atoms with E-state index in [9.17, 15) is 20.1 Å². The topological polar surface area (TPSA) is 115 Å². The molecule has 8 heteroatoms. The van der Waals surface area contributed by atoms with Crippen LogP contribution in [0.1, 0.15) is 64.2 Å². The number of Topliss-reactive ketones (excluding diaryl/α,β-unsaturated/α-hetero) is 1. The van der Waals surface area contributed by atoms with Crippen LogP contribution in [0.4, 0.5) is 0 Å². The molecule has 198 valence electrons. The maximum absolute atomic E-state index is 12.5. The van der Waals surface area contributed by atoms with Gasteiger partial charge in [-0.15, -0.1) is 0 Å². The predicted molar refractivity (Wildman–Crippen MR) is 127 cm³/mol. The summed E-state index contributed by atoms with van der Waals surface area (Å²) in [6.07, 6.45) is 3.75. The molecule has 0 spiro atoms. The molecule has 1 saturated carbocycles. The Labute approximate surface area is 208 Å². The van der Waals surface area contributed by atoms with Gasteiger partial charge in [-0.25, -0.2) is 0 Å². The Hall–Kier alpha value is -0.870. The molecule has 5 aliphatic rings. The van der Waals surface area contributed by atoms with Crippen LogP contribution in [0.3, 0.4) is 0 Å². The third-order valence-electron chi connectivity index (χ3n) is 8.85. The largest absolute Gasteiger partial charge is 0.393 e. The summed E-state index contributed by atoms with van der Waals surface area (Å²) in [5.41, 5.74) is 1.10. The Balaban J connectivity index is 1.06. The van der Waals surface area contributed by atoms with Crippen molar-refractivity contribution in [1.82, 2.24) is 0 Å². The van der Waals surface area contributed by atoms with Gasteiger partial charge in [-0.05, 0) is 62.9 Å². The molecule has 0 radical (unpaired) electrons. The van der Waals surface area contributed by atoms with Crippen molar-refractivity contribution in [3.8, 4) is 0 Å². The van der Waals surface area contributed by atoms with E-state index in [0.717, 1.165) is 44.3 Å². The molecule has 9 unspecified atom stereocenters. The first-order valence-electron chi connectivity index (χ1n) is 13.6. The molecular formula is C27H42O8. The van der Waals surface area contributed by atoms with Gasteiger partial charge in [-0.1, -0.05) is 6.58 Å². The zero-order valence-electron chi connectivity index (χ0n) is 20.6. The lowest BCUT2D eigenvalue weighted by atomic mass is 9.62. The number of carbonyl (C=O) groups excluding carboxylic acids is 1. The van der Waals surface area contributed by atoms with Crippen LogP contribution >= 0.6 is 0 Å². The summed E-state index contributed by atoms with van der Waals surface area (Å²) in [6.45, 7) is 5.96. The average molecular weight is 495 g/mol. The number of ketones is 1. The first kappa shape index (κ1) is 25.8. The molecule has 0 bridgehead atoms. The second kappa shape index (κ2) is 11.3. The van der Waals surface area contributed by atoms with Crippen molar-refractivity contribution in [2.24, 2.45) is 17.8 Å². The van der Waals surface area contributed by atoms with Crippen LogP contribution in [0.5, 0.6) is 0 Å². The van der Waals surface area contributed by atoms with Gasteiger partial charge >= 0.3 is 0 Å². The molecule has 4 aliphatic heterocycles. The summed E-state index contributed by atoms with van der Waals surface area (Å²) < 4.78 is 23.5. The van der Waals surface area contributed by atoms with Crippen LogP contribution in [0, 0.1) is 17.8 Å². The molecule has 0 aromatic heterocycles. The van der Waals surface area contributed by atoms with Crippen molar-refractivity contribution in [2.45, 2.75) is 113 Å². The highest BCUT2D eigenvalue weighted by atomic mass is 16.6. The summed E-state index contributed by atoms with van der Waals surface area (Å²) in [7, 11) is 0. The second-order valence-corrected chi connectivity index (χ2v) is 11.6. The SMILES string of the molecule is C=C1COC(CCC(O)C[C@@H](O)C2CC3C2OC2CCC(CC(=O)CC4CCOC4)O[C@@H]2C3O)C1. The lowest BCUT2D eigenvalue weighted by Crippen LogP contribution is -2.66. The number of aliphatic hydroxyl groups is 3. The molecule has 11 atom stereocenters. The van der Waals surface area contributed by atoms with Gasteiger partial charge in [0.2, 0.25) is 0 Å². The van der Waals surface area contributed by atoms with Crippen LogP contribution in [-0.2, 0) is 23.7 Å². The summed E-state index contributed by atoms with van der Waals surface area (Å²) in [4.78, 5) is 12.5. The second-order valence-electron chi connectivity index (χ2n) is 11.6. The van der Waals surface area contributed by atoms with Crippen molar-refractivity contribution in [3.05, 3.63) is 12.2 Å². The molecule has 3 N–H and O–H groups in total. The van der Waals surface area contributed by atoms with Crippen LogP contribution in [0.25, 0.3) is 0 Å². The molecule has 0 aromatic carbocycles. The Bertz CT molecular complexity index is 749. The zero-order chi connectivity index (χ0) is 24.5. The van der Waals surface area contributed by atoms with E-state index >= 15 is 0 Å². The van der Waals surface area contributed by atoms with Crippen LogP contribution < -0.4 is 0 Å². The molecule has 35 heavy (non-hydrogen) atoms. The van der Waals surface area contributed by atoms with E-state index in [1.54, 1.807) is 0 Å². The monoisotopic (exact) mass is 494 g/mol. The first-order chi connectivity index (χ1) is 16.9. The number of hydrogen-bond donors (Lipinski definition) is 3. The van der Waals surface area contributed by atoms with Crippen molar-refractivity contribution in [1.29, 1.82) is 0 Å². The van der Waals surface area contributed by atoms with Gasteiger partial charge in [0.25, 0.3) is 0 Å². The number of carbonyl (C=O) groups is 1. The summed E-state index contributed by atoms with van der Waals surface area (Å²) >= 11 is 0. The van der Waals surface area contributed by atoms with Gasteiger partial charge in [-0.2, -0.15) is 0 Å². The fourth-order valence-corrected chi connectivity index (χ4v) is 6.76. The normalized spacial score (nSPS) is 42.7. The third-order valence-corrected chi connectivity index (χ3v) is 8.85. The number of hydrogen-bond acceptors (Lipinski definition) is 8. The van der Waals surface area contributed by atoms with E-state index in [0.29, 0.717) is 51.2 Å². The van der Waals surface area contributed by atoms with Crippen LogP contribution in [0.2, 0.25) is 0 Å². The highest BCUT2D eigenvalue weighted by Crippen LogP contribution is 2.49. The highest BCUT2D eigenvalue weighted by molar-refractivity contribution is 5.79. The lowest BCUT2D eigenvalue weighted by molar-refractivity contribution is -0.296. The van der Waals surface area contributed by atoms with E-state index in [1.807, 2.05) is 0 Å². The van der Waals surface area contributed by atoms with Gasteiger partial charge in [-0.3, -0.25) is 4.79 Å². The molecular weight excluding hydrogens is 452 g/mol. The minimum Gasteiger partial charge on any atom is -0.393 e. The minimum atomic E-state index is -0.663. The van der Waals surface area contributed by atoms with Crippen molar-refractivity contribution in [2.75, 3.05) is 19.8 Å². The van der Waals surface area contributed by atoms with Gasteiger partial charge in [0, 0.05) is 37.9 Å². The molecule has 8 nitrogen and oxygen atoms in total. The molecule has 0 aromatic rings. The quantitative estimate of drug-likeness (QED) is 0.395. The Morgan fingerprint density at radius 3 is 2.69 bits per heavy atom. The lowest BCUT2D eigenvalue weighted by Gasteiger charge is -2.57. The number of fused-ring (bicyclic) bond motifs is 2. The van der Waals surface area contributed by atoms with E-state index in [4.69, 9.17) is 18.9 Å². The van der Waals surface area contributed by atoms with Crippen molar-refractivity contribution >= 4 is 5.78 Å². The number of rotatable bonds is 10. The average Bonchev–Trinajstić information content (AvgIpc) is 3.46. The van der Waals surface area contributed by atoms with E-state index in [-0.39, 0.29) is 42.0 Å². The summed E-state index contributed by atoms with van der Waals surface area (Å²) in [6, 6.07) is 0. The Morgan fingerprint density at radius 2 is 1.94 bits per heavy atom. The van der Waals surface area contributed by atoms with Crippen molar-refractivity contribution < 1.29 is 39.1 Å². The van der Waals surface area contributed by atoms with Gasteiger partial charge in [0.15, 0.2) is 0 Å². The minimum absolute atomic E-state index is 0.0731. The van der Waals surface area contributed by atoms with Crippen LogP contribution in [0.15, 0.2) is 12.2 Å². The summed E-state index contributed by atoms with van der Waals surface area (Å²) in [5, 5.41) is 32.3. The van der Waals surface area contributed by atoms with Gasteiger partial charge < -0.3 is 34.3 Å². The van der Waals surface area contributed by atoms with Gasteiger partial charge in [0.1, 0.15) is 11.9 Å². The fraction of sp³-hybridized carbons (Fsp3) is 0.889. The summed E-state index contributed by atoms with van der Waals surface area (Å²) in [5.74, 6) is 0.385. The molecule has 0 amide bonds. The standard InChI is InChI=1S/C27H42O8/c1-15-8-19(33-13-15)3-2-17(28)11-23(30)21-12-22-25(31)27-24(35-26(21)22)5-4-20(34-27)10-18(29)9-16-6-7-32-14-16/h16-17,19-28,30-31H,1-14H2/t16?,17?,19?,20?,21?,22?,23-,24?,25?,26?,27+/m1/s1. The maximum atomic E-state index is 12.5. The van der Waals surface area contributed by atoms with Gasteiger partial charge in [0.05, 0.1) is 49.3 Å². The molecule has 5 rings (SSSR count). The predicted octanol–water partition coefficient (Wildman–Crippen LogP) is 1.92. The smallest absolute Gasteiger partial charge is 0.135 e. The highest BCUT2D eigenvalue weighted by Gasteiger charge is 2.57. The fourth-order valence-electron chi connectivity index (χ4n) is 6.76. The van der Waals surface area contributed by atoms with Crippen molar-refractivity contribution in [3.63, 3.8) is 0 Å².